The number of nitrogens with zero attached hydrogens (tertiary/aromatic N) is 2. The van der Waals surface area contributed by atoms with E-state index in [1.54, 1.807) is 6.20 Å². The van der Waals surface area contributed by atoms with Crippen LogP contribution in [0, 0.1) is 4.77 Å². The van der Waals surface area contributed by atoms with Gasteiger partial charge in [0.05, 0.1) is 10.5 Å². The first-order valence-electron chi connectivity index (χ1n) is 6.51. The summed E-state index contributed by atoms with van der Waals surface area (Å²) in [5.41, 5.74) is 1.88. The second-order valence-electron chi connectivity index (χ2n) is 4.97. The fraction of sp³-hybridized carbons (Fsp3) is 0.538. The highest BCUT2D eigenvalue weighted by atomic mass is 35.5. The van der Waals surface area contributed by atoms with Gasteiger partial charge in [0.25, 0.3) is 0 Å². The van der Waals surface area contributed by atoms with Gasteiger partial charge < -0.3 is 4.98 Å². The molecule has 0 aromatic carbocycles. The fourth-order valence-electron chi connectivity index (χ4n) is 2.84. The van der Waals surface area contributed by atoms with E-state index in [-0.39, 0.29) is 0 Å². The van der Waals surface area contributed by atoms with Gasteiger partial charge in [-0.3, -0.25) is 4.57 Å². The topological polar surface area (TPSA) is 33.6 Å². The molecule has 3 nitrogen and oxygen atoms in total. The summed E-state index contributed by atoms with van der Waals surface area (Å²) >= 11 is 11.4. The number of aromatic amines is 1. The van der Waals surface area contributed by atoms with Crippen LogP contribution in [0.25, 0.3) is 11.2 Å². The van der Waals surface area contributed by atoms with E-state index in [1.807, 2.05) is 6.07 Å². The van der Waals surface area contributed by atoms with Crippen molar-refractivity contribution >= 4 is 35.0 Å². The molecule has 2 aromatic heterocycles. The van der Waals surface area contributed by atoms with Crippen LogP contribution in [0.3, 0.4) is 0 Å². The minimum atomic E-state index is 0.488. The van der Waals surface area contributed by atoms with E-state index in [0.29, 0.717) is 11.1 Å². The zero-order valence-corrected chi connectivity index (χ0v) is 11.7. The third-order valence-corrected chi connectivity index (χ3v) is 4.22. The maximum atomic E-state index is 5.97. The predicted molar refractivity (Wildman–Crippen MR) is 76.7 cm³/mol. The Morgan fingerprint density at radius 1 is 1.28 bits per heavy atom. The Labute approximate surface area is 116 Å². The van der Waals surface area contributed by atoms with Crippen LogP contribution in [0.2, 0.25) is 5.02 Å². The van der Waals surface area contributed by atoms with Crippen molar-refractivity contribution < 1.29 is 0 Å². The zero-order chi connectivity index (χ0) is 12.5. The Balaban J connectivity index is 2.09. The van der Waals surface area contributed by atoms with Crippen molar-refractivity contribution in [1.29, 1.82) is 0 Å². The minimum Gasteiger partial charge on any atom is -0.329 e. The molecule has 3 rings (SSSR count). The van der Waals surface area contributed by atoms with E-state index in [9.17, 15) is 0 Å². The van der Waals surface area contributed by atoms with E-state index in [1.165, 1.54) is 38.5 Å². The summed E-state index contributed by atoms with van der Waals surface area (Å²) in [6.45, 7) is 0. The van der Waals surface area contributed by atoms with E-state index in [4.69, 9.17) is 23.8 Å². The Kier molecular flexibility index (Phi) is 3.39. The first-order chi connectivity index (χ1) is 8.75. The Hall–Kier alpha value is -0.870. The zero-order valence-electron chi connectivity index (χ0n) is 10.2. The molecule has 0 spiro atoms. The highest BCUT2D eigenvalue weighted by molar-refractivity contribution is 7.71. The third-order valence-electron chi connectivity index (χ3n) is 3.71. The van der Waals surface area contributed by atoms with Gasteiger partial charge in [-0.15, -0.1) is 0 Å². The highest BCUT2D eigenvalue weighted by Gasteiger charge is 2.18. The molecule has 0 aliphatic heterocycles. The van der Waals surface area contributed by atoms with Crippen LogP contribution in [-0.4, -0.2) is 14.5 Å². The quantitative estimate of drug-likeness (QED) is 0.610. The summed E-state index contributed by atoms with van der Waals surface area (Å²) in [6.07, 6.45) is 9.34. The van der Waals surface area contributed by atoms with Crippen LogP contribution in [0.1, 0.15) is 44.6 Å². The molecule has 0 saturated heterocycles. The van der Waals surface area contributed by atoms with E-state index in [0.717, 1.165) is 15.9 Å². The van der Waals surface area contributed by atoms with Crippen molar-refractivity contribution in [3.05, 3.63) is 22.1 Å². The molecule has 0 amide bonds. The molecule has 1 N–H and O–H groups in total. The number of aromatic nitrogens is 3. The van der Waals surface area contributed by atoms with Crippen molar-refractivity contribution in [2.75, 3.05) is 0 Å². The largest absolute Gasteiger partial charge is 0.329 e. The van der Waals surface area contributed by atoms with Crippen molar-refractivity contribution in [2.24, 2.45) is 0 Å². The molecule has 1 saturated carbocycles. The lowest BCUT2D eigenvalue weighted by atomic mass is 10.1. The molecule has 0 atom stereocenters. The molecule has 0 unspecified atom stereocenters. The van der Waals surface area contributed by atoms with Crippen molar-refractivity contribution in [3.63, 3.8) is 0 Å². The third kappa shape index (κ3) is 2.19. The van der Waals surface area contributed by atoms with Crippen LogP contribution >= 0.6 is 23.8 Å². The van der Waals surface area contributed by atoms with Gasteiger partial charge in [0.2, 0.25) is 0 Å². The lowest BCUT2D eigenvalue weighted by Crippen LogP contribution is -2.08. The SMILES string of the molecule is S=c1[nH]c2cc(Cl)cnc2n1C1CCCCCC1. The summed E-state index contributed by atoms with van der Waals surface area (Å²) < 4.78 is 2.96. The molecule has 96 valence electrons. The van der Waals surface area contributed by atoms with Crippen molar-refractivity contribution in [2.45, 2.75) is 44.6 Å². The smallest absolute Gasteiger partial charge is 0.179 e. The van der Waals surface area contributed by atoms with Gasteiger partial charge in [0.15, 0.2) is 10.4 Å². The molecular weight excluding hydrogens is 266 g/mol. The van der Waals surface area contributed by atoms with Crippen LogP contribution in [-0.2, 0) is 0 Å². The highest BCUT2D eigenvalue weighted by Crippen LogP contribution is 2.30. The van der Waals surface area contributed by atoms with Crippen LogP contribution in [0.4, 0.5) is 0 Å². The summed E-state index contributed by atoms with van der Waals surface area (Å²) in [6, 6.07) is 2.38. The molecule has 0 radical (unpaired) electrons. The second kappa shape index (κ2) is 5.02. The molecule has 1 aliphatic carbocycles. The Bertz CT molecular complexity index is 608. The monoisotopic (exact) mass is 281 g/mol. The maximum absolute atomic E-state index is 5.97. The van der Waals surface area contributed by atoms with Gasteiger partial charge in [0.1, 0.15) is 0 Å². The summed E-state index contributed by atoms with van der Waals surface area (Å²) in [4.78, 5) is 7.66. The fourth-order valence-corrected chi connectivity index (χ4v) is 3.35. The first kappa shape index (κ1) is 12.2. The molecule has 1 aliphatic rings. The first-order valence-corrected chi connectivity index (χ1v) is 7.30. The van der Waals surface area contributed by atoms with Crippen LogP contribution < -0.4 is 0 Å². The molecular formula is C13H16ClN3S. The van der Waals surface area contributed by atoms with Crippen LogP contribution in [0.5, 0.6) is 0 Å². The van der Waals surface area contributed by atoms with Gasteiger partial charge in [-0.2, -0.15) is 0 Å². The molecule has 0 bridgehead atoms. The van der Waals surface area contributed by atoms with Gasteiger partial charge in [-0.1, -0.05) is 37.3 Å². The summed E-state index contributed by atoms with van der Waals surface area (Å²) in [7, 11) is 0. The number of hydrogen-bond acceptors (Lipinski definition) is 2. The van der Waals surface area contributed by atoms with Crippen molar-refractivity contribution in [3.8, 4) is 0 Å². The summed E-state index contributed by atoms with van der Waals surface area (Å²) in [5.74, 6) is 0. The van der Waals surface area contributed by atoms with Crippen LogP contribution in [0.15, 0.2) is 12.3 Å². The lowest BCUT2D eigenvalue weighted by Gasteiger charge is -2.16. The molecule has 5 heteroatoms. The minimum absolute atomic E-state index is 0.488. The average molecular weight is 282 g/mol. The molecule has 2 aromatic rings. The number of rotatable bonds is 1. The lowest BCUT2D eigenvalue weighted by molar-refractivity contribution is 0.448. The Morgan fingerprint density at radius 3 is 2.72 bits per heavy atom. The number of fused-ring (bicyclic) bond motifs is 1. The second-order valence-corrected chi connectivity index (χ2v) is 5.79. The predicted octanol–water partition coefficient (Wildman–Crippen LogP) is 4.64. The average Bonchev–Trinajstić information content (AvgIpc) is 2.54. The van der Waals surface area contributed by atoms with E-state index >= 15 is 0 Å². The van der Waals surface area contributed by atoms with Gasteiger partial charge in [-0.05, 0) is 31.1 Å². The van der Waals surface area contributed by atoms with Gasteiger partial charge >= 0.3 is 0 Å². The van der Waals surface area contributed by atoms with Gasteiger partial charge in [0, 0.05) is 12.2 Å². The Morgan fingerprint density at radius 2 is 2.00 bits per heavy atom. The number of imidazole rings is 1. The molecule has 2 heterocycles. The molecule has 1 fully saturated rings. The standard InChI is InChI=1S/C13H16ClN3S/c14-9-7-11-12(15-8-9)17(13(18)16-11)10-5-3-1-2-4-6-10/h7-8,10H,1-6H2,(H,16,18). The van der Waals surface area contributed by atoms with Crippen molar-refractivity contribution in [1.82, 2.24) is 14.5 Å². The van der Waals surface area contributed by atoms with E-state index in [2.05, 4.69) is 14.5 Å². The number of hydrogen-bond donors (Lipinski definition) is 1. The number of nitrogens with one attached hydrogen (secondary N) is 1. The number of pyridine rings is 1. The van der Waals surface area contributed by atoms with E-state index < -0.39 is 0 Å². The number of H-pyrrole nitrogens is 1. The maximum Gasteiger partial charge on any atom is 0.179 e. The van der Waals surface area contributed by atoms with Gasteiger partial charge in [-0.25, -0.2) is 4.98 Å². The normalized spacial score (nSPS) is 18.1. The molecule has 18 heavy (non-hydrogen) atoms. The summed E-state index contributed by atoms with van der Waals surface area (Å²) in [5, 5.41) is 0.645. The number of halogens is 1.